The second-order valence-electron chi connectivity index (χ2n) is 5.85. The Labute approximate surface area is 122 Å². The minimum Gasteiger partial charge on any atom is -0.384 e. The highest BCUT2D eigenvalue weighted by Gasteiger charge is 2.15. The van der Waals surface area contributed by atoms with Crippen LogP contribution in [0.15, 0.2) is 18.2 Å². The molecule has 0 atom stereocenters. The van der Waals surface area contributed by atoms with Crippen molar-refractivity contribution in [2.45, 2.75) is 58.4 Å². The molecule has 0 radical (unpaired) electrons. The molecule has 1 aliphatic carbocycles. The normalized spacial score (nSPS) is 15.9. The number of amides is 1. The summed E-state index contributed by atoms with van der Waals surface area (Å²) < 4.78 is 0. The van der Waals surface area contributed by atoms with Crippen molar-refractivity contribution < 1.29 is 4.79 Å². The number of para-hydroxylation sites is 1. The summed E-state index contributed by atoms with van der Waals surface area (Å²) in [5, 5.41) is 6.54. The Morgan fingerprint density at radius 2 is 1.80 bits per heavy atom. The zero-order chi connectivity index (χ0) is 14.4. The predicted molar refractivity (Wildman–Crippen MR) is 84.0 cm³/mol. The van der Waals surface area contributed by atoms with Crippen molar-refractivity contribution in [3.63, 3.8) is 0 Å². The highest BCUT2D eigenvalue weighted by atomic mass is 16.1. The molecular weight excluding hydrogens is 248 g/mol. The van der Waals surface area contributed by atoms with E-state index in [0.29, 0.717) is 19.0 Å². The van der Waals surface area contributed by atoms with Gasteiger partial charge < -0.3 is 10.6 Å². The van der Waals surface area contributed by atoms with Crippen molar-refractivity contribution in [3.8, 4) is 0 Å². The minimum atomic E-state index is 0.177. The SMILES string of the molecule is Cc1cccc(C)c1NCCC(=O)NC1CCCCC1. The van der Waals surface area contributed by atoms with E-state index in [9.17, 15) is 4.79 Å². The fraction of sp³-hybridized carbons (Fsp3) is 0.588. The van der Waals surface area contributed by atoms with Gasteiger partial charge in [-0.1, -0.05) is 37.5 Å². The van der Waals surface area contributed by atoms with Crippen molar-refractivity contribution in [3.05, 3.63) is 29.3 Å². The van der Waals surface area contributed by atoms with Crippen LogP contribution in [0, 0.1) is 13.8 Å². The molecule has 1 aromatic carbocycles. The van der Waals surface area contributed by atoms with Gasteiger partial charge in [-0.2, -0.15) is 0 Å². The smallest absolute Gasteiger partial charge is 0.221 e. The summed E-state index contributed by atoms with van der Waals surface area (Å²) in [6, 6.07) is 6.66. The number of carbonyl (C=O) groups is 1. The zero-order valence-corrected chi connectivity index (χ0v) is 12.7. The van der Waals surface area contributed by atoms with Crippen LogP contribution in [0.1, 0.15) is 49.7 Å². The molecule has 3 heteroatoms. The van der Waals surface area contributed by atoms with E-state index in [1.54, 1.807) is 0 Å². The summed E-state index contributed by atoms with van der Waals surface area (Å²) in [5.41, 5.74) is 3.63. The molecule has 1 saturated carbocycles. The lowest BCUT2D eigenvalue weighted by Crippen LogP contribution is -2.36. The predicted octanol–water partition coefficient (Wildman–Crippen LogP) is 3.55. The number of nitrogens with one attached hydrogen (secondary N) is 2. The van der Waals surface area contributed by atoms with Gasteiger partial charge in [0, 0.05) is 24.7 Å². The van der Waals surface area contributed by atoms with Crippen LogP contribution in [-0.2, 0) is 4.79 Å². The zero-order valence-electron chi connectivity index (χ0n) is 12.7. The van der Waals surface area contributed by atoms with Gasteiger partial charge in [0.25, 0.3) is 0 Å². The van der Waals surface area contributed by atoms with Gasteiger partial charge in [0.2, 0.25) is 5.91 Å². The van der Waals surface area contributed by atoms with E-state index < -0.39 is 0 Å². The fourth-order valence-corrected chi connectivity index (χ4v) is 2.94. The molecule has 3 nitrogen and oxygen atoms in total. The molecule has 0 aromatic heterocycles. The second-order valence-corrected chi connectivity index (χ2v) is 5.85. The van der Waals surface area contributed by atoms with Crippen LogP contribution in [-0.4, -0.2) is 18.5 Å². The maximum Gasteiger partial charge on any atom is 0.221 e. The van der Waals surface area contributed by atoms with Crippen molar-refractivity contribution >= 4 is 11.6 Å². The average molecular weight is 274 g/mol. The third kappa shape index (κ3) is 4.26. The molecule has 0 spiro atoms. The Bertz CT molecular complexity index is 430. The second kappa shape index (κ2) is 7.32. The molecule has 1 aromatic rings. The van der Waals surface area contributed by atoms with Crippen LogP contribution in [0.4, 0.5) is 5.69 Å². The Morgan fingerprint density at radius 3 is 2.45 bits per heavy atom. The molecular formula is C17H26N2O. The summed E-state index contributed by atoms with van der Waals surface area (Å²) in [6.07, 6.45) is 6.67. The van der Waals surface area contributed by atoms with Crippen LogP contribution in [0.3, 0.4) is 0 Å². The summed E-state index contributed by atoms with van der Waals surface area (Å²) in [7, 11) is 0. The summed E-state index contributed by atoms with van der Waals surface area (Å²) >= 11 is 0. The van der Waals surface area contributed by atoms with E-state index in [1.165, 1.54) is 30.4 Å². The number of carbonyl (C=O) groups excluding carboxylic acids is 1. The largest absolute Gasteiger partial charge is 0.384 e. The molecule has 1 amide bonds. The fourth-order valence-electron chi connectivity index (χ4n) is 2.94. The molecule has 0 saturated heterocycles. The van der Waals surface area contributed by atoms with E-state index in [-0.39, 0.29) is 5.91 Å². The van der Waals surface area contributed by atoms with Crippen LogP contribution in [0.5, 0.6) is 0 Å². The van der Waals surface area contributed by atoms with Crippen LogP contribution >= 0.6 is 0 Å². The molecule has 20 heavy (non-hydrogen) atoms. The first kappa shape index (κ1) is 14.9. The van der Waals surface area contributed by atoms with Crippen LogP contribution < -0.4 is 10.6 Å². The van der Waals surface area contributed by atoms with Gasteiger partial charge >= 0.3 is 0 Å². The summed E-state index contributed by atoms with van der Waals surface area (Å²) in [5.74, 6) is 0.177. The van der Waals surface area contributed by atoms with E-state index >= 15 is 0 Å². The molecule has 2 N–H and O–H groups in total. The molecule has 110 valence electrons. The summed E-state index contributed by atoms with van der Waals surface area (Å²) in [6.45, 7) is 4.89. The number of hydrogen-bond acceptors (Lipinski definition) is 2. The van der Waals surface area contributed by atoms with Gasteiger partial charge in [0.05, 0.1) is 0 Å². The van der Waals surface area contributed by atoms with Crippen molar-refractivity contribution in [1.29, 1.82) is 0 Å². The van der Waals surface area contributed by atoms with Gasteiger partial charge in [-0.3, -0.25) is 4.79 Å². The topological polar surface area (TPSA) is 41.1 Å². The van der Waals surface area contributed by atoms with E-state index in [1.807, 2.05) is 0 Å². The molecule has 0 heterocycles. The number of rotatable bonds is 5. The highest BCUT2D eigenvalue weighted by molar-refractivity contribution is 5.77. The molecule has 0 aliphatic heterocycles. The maximum absolute atomic E-state index is 11.9. The molecule has 0 bridgehead atoms. The van der Waals surface area contributed by atoms with Crippen molar-refractivity contribution in [1.82, 2.24) is 5.32 Å². The average Bonchev–Trinajstić information content (AvgIpc) is 2.43. The van der Waals surface area contributed by atoms with E-state index in [0.717, 1.165) is 18.5 Å². The lowest BCUT2D eigenvalue weighted by molar-refractivity contribution is -0.121. The van der Waals surface area contributed by atoms with E-state index in [4.69, 9.17) is 0 Å². The van der Waals surface area contributed by atoms with Gasteiger partial charge in [-0.25, -0.2) is 0 Å². The van der Waals surface area contributed by atoms with Gasteiger partial charge in [-0.05, 0) is 37.8 Å². The third-order valence-electron chi connectivity index (χ3n) is 4.11. The minimum absolute atomic E-state index is 0.177. The van der Waals surface area contributed by atoms with Gasteiger partial charge in [0.15, 0.2) is 0 Å². The Kier molecular flexibility index (Phi) is 5.45. The Balaban J connectivity index is 1.73. The van der Waals surface area contributed by atoms with E-state index in [2.05, 4.69) is 42.7 Å². The van der Waals surface area contributed by atoms with Crippen molar-refractivity contribution in [2.75, 3.05) is 11.9 Å². The van der Waals surface area contributed by atoms with Crippen LogP contribution in [0.2, 0.25) is 0 Å². The Morgan fingerprint density at radius 1 is 1.15 bits per heavy atom. The first-order chi connectivity index (χ1) is 9.66. The Hall–Kier alpha value is -1.51. The molecule has 0 unspecified atom stereocenters. The lowest BCUT2D eigenvalue weighted by atomic mass is 9.95. The monoisotopic (exact) mass is 274 g/mol. The van der Waals surface area contributed by atoms with Crippen LogP contribution in [0.25, 0.3) is 0 Å². The van der Waals surface area contributed by atoms with Crippen molar-refractivity contribution in [2.24, 2.45) is 0 Å². The highest BCUT2D eigenvalue weighted by Crippen LogP contribution is 2.19. The number of aryl methyl sites for hydroxylation is 2. The molecule has 1 aliphatic rings. The number of anilines is 1. The quantitative estimate of drug-likeness (QED) is 0.862. The lowest BCUT2D eigenvalue weighted by Gasteiger charge is -2.22. The molecule has 1 fully saturated rings. The first-order valence-electron chi connectivity index (χ1n) is 7.76. The number of benzene rings is 1. The first-order valence-corrected chi connectivity index (χ1v) is 7.76. The van der Waals surface area contributed by atoms with Gasteiger partial charge in [-0.15, -0.1) is 0 Å². The number of hydrogen-bond donors (Lipinski definition) is 2. The van der Waals surface area contributed by atoms with Gasteiger partial charge in [0.1, 0.15) is 0 Å². The summed E-state index contributed by atoms with van der Waals surface area (Å²) in [4.78, 5) is 11.9. The third-order valence-corrected chi connectivity index (χ3v) is 4.11. The standard InChI is InChI=1S/C17H26N2O/c1-13-7-6-8-14(2)17(13)18-12-11-16(20)19-15-9-4-3-5-10-15/h6-8,15,18H,3-5,9-12H2,1-2H3,(H,19,20). The maximum atomic E-state index is 11.9. The molecule has 2 rings (SSSR count).